The summed E-state index contributed by atoms with van der Waals surface area (Å²) < 4.78 is 5.22. The average molecular weight is 362 g/mol. The van der Waals surface area contributed by atoms with Gasteiger partial charge in [-0.05, 0) is 56.6 Å². The van der Waals surface area contributed by atoms with Crippen LogP contribution >= 0.6 is 0 Å². The summed E-state index contributed by atoms with van der Waals surface area (Å²) in [6.45, 7) is 1.83. The molecule has 0 aliphatic carbocycles. The molecule has 2 saturated heterocycles. The van der Waals surface area contributed by atoms with Crippen molar-refractivity contribution in [3.05, 3.63) is 24.2 Å². The predicted octanol–water partition coefficient (Wildman–Crippen LogP) is 2.38. The first-order chi connectivity index (χ1) is 12.6. The Hall–Kier alpha value is -2.31. The Labute approximate surface area is 152 Å². The van der Waals surface area contributed by atoms with Gasteiger partial charge in [-0.3, -0.25) is 14.4 Å². The number of carbonyl (C=O) groups is 3. The molecule has 2 amide bonds. The minimum Gasteiger partial charge on any atom is -0.481 e. The molecule has 0 saturated carbocycles. The van der Waals surface area contributed by atoms with Gasteiger partial charge in [0.2, 0.25) is 5.91 Å². The third-order valence-corrected chi connectivity index (χ3v) is 5.38. The van der Waals surface area contributed by atoms with Crippen molar-refractivity contribution in [1.82, 2.24) is 9.80 Å². The van der Waals surface area contributed by atoms with Crippen molar-refractivity contribution in [3.8, 4) is 0 Å². The summed E-state index contributed by atoms with van der Waals surface area (Å²) in [4.78, 5) is 40.1. The topological polar surface area (TPSA) is 91.1 Å². The largest absolute Gasteiger partial charge is 0.481 e. The molecule has 0 radical (unpaired) electrons. The van der Waals surface area contributed by atoms with Crippen LogP contribution in [-0.4, -0.2) is 58.4 Å². The van der Waals surface area contributed by atoms with E-state index in [0.717, 1.165) is 25.7 Å². The van der Waals surface area contributed by atoms with Crippen molar-refractivity contribution < 1.29 is 23.9 Å². The summed E-state index contributed by atoms with van der Waals surface area (Å²) >= 11 is 0. The van der Waals surface area contributed by atoms with Gasteiger partial charge in [-0.15, -0.1) is 0 Å². The van der Waals surface area contributed by atoms with Crippen LogP contribution in [0.4, 0.5) is 0 Å². The number of hydrogen-bond acceptors (Lipinski definition) is 4. The van der Waals surface area contributed by atoms with Gasteiger partial charge >= 0.3 is 5.97 Å². The maximum absolute atomic E-state index is 13.1. The Morgan fingerprint density at radius 2 is 2.00 bits per heavy atom. The lowest BCUT2D eigenvalue weighted by Gasteiger charge is -2.40. The van der Waals surface area contributed by atoms with Crippen LogP contribution in [0.25, 0.3) is 0 Å². The smallest absolute Gasteiger partial charge is 0.303 e. The Balaban J connectivity index is 1.66. The van der Waals surface area contributed by atoms with Crippen LogP contribution in [0.3, 0.4) is 0 Å². The number of piperidine rings is 2. The highest BCUT2D eigenvalue weighted by Crippen LogP contribution is 2.26. The number of amides is 2. The van der Waals surface area contributed by atoms with Gasteiger partial charge in [-0.25, -0.2) is 0 Å². The summed E-state index contributed by atoms with van der Waals surface area (Å²) in [6.07, 6.45) is 6.52. The van der Waals surface area contributed by atoms with Crippen LogP contribution in [0.2, 0.25) is 0 Å². The molecule has 2 aliphatic heterocycles. The van der Waals surface area contributed by atoms with Crippen LogP contribution in [0, 0.1) is 5.92 Å². The molecule has 7 heteroatoms. The van der Waals surface area contributed by atoms with E-state index >= 15 is 0 Å². The SMILES string of the molecule is O=C(O)CCC1CCCN(C(=O)C2CCCCN2C(=O)c2ccco2)C1. The van der Waals surface area contributed by atoms with Gasteiger partial charge in [0.15, 0.2) is 5.76 Å². The third-order valence-electron chi connectivity index (χ3n) is 5.38. The van der Waals surface area contributed by atoms with Crippen molar-refractivity contribution in [3.63, 3.8) is 0 Å². The fraction of sp³-hybridized carbons (Fsp3) is 0.632. The van der Waals surface area contributed by atoms with Gasteiger partial charge in [0.25, 0.3) is 5.91 Å². The van der Waals surface area contributed by atoms with Crippen molar-refractivity contribution in [2.45, 2.75) is 51.0 Å². The molecule has 26 heavy (non-hydrogen) atoms. The molecule has 1 aromatic heterocycles. The van der Waals surface area contributed by atoms with Gasteiger partial charge in [0.1, 0.15) is 6.04 Å². The first-order valence-electron chi connectivity index (χ1n) is 9.41. The lowest BCUT2D eigenvalue weighted by atomic mass is 9.92. The van der Waals surface area contributed by atoms with Crippen molar-refractivity contribution in [2.75, 3.05) is 19.6 Å². The van der Waals surface area contributed by atoms with E-state index in [1.165, 1.54) is 6.26 Å². The second-order valence-electron chi connectivity index (χ2n) is 7.21. The van der Waals surface area contributed by atoms with Gasteiger partial charge in [0, 0.05) is 26.1 Å². The molecule has 1 N–H and O–H groups in total. The number of likely N-dealkylation sites (tertiary alicyclic amines) is 2. The van der Waals surface area contributed by atoms with Crippen molar-refractivity contribution in [2.24, 2.45) is 5.92 Å². The van der Waals surface area contributed by atoms with E-state index in [-0.39, 0.29) is 29.9 Å². The molecule has 2 unspecified atom stereocenters. The van der Waals surface area contributed by atoms with E-state index in [9.17, 15) is 14.4 Å². The minimum atomic E-state index is -0.795. The number of rotatable bonds is 5. The van der Waals surface area contributed by atoms with E-state index in [4.69, 9.17) is 9.52 Å². The highest BCUT2D eigenvalue weighted by molar-refractivity contribution is 5.95. The molecule has 3 heterocycles. The zero-order valence-corrected chi connectivity index (χ0v) is 14.9. The van der Waals surface area contributed by atoms with Gasteiger partial charge < -0.3 is 19.3 Å². The number of furan rings is 1. The summed E-state index contributed by atoms with van der Waals surface area (Å²) in [5.41, 5.74) is 0. The standard InChI is InChI=1S/C19H26N2O5/c22-17(23)9-8-14-5-3-10-20(13-14)18(24)15-6-1-2-11-21(15)19(25)16-7-4-12-26-16/h4,7,12,14-15H,1-3,5-6,8-11,13H2,(H,22,23). The summed E-state index contributed by atoms with van der Waals surface area (Å²) in [5, 5.41) is 8.88. The van der Waals surface area contributed by atoms with E-state index in [1.54, 1.807) is 17.0 Å². The number of nitrogens with zero attached hydrogens (tertiary/aromatic N) is 2. The molecule has 7 nitrogen and oxygen atoms in total. The molecule has 0 aromatic carbocycles. The fourth-order valence-corrected chi connectivity index (χ4v) is 4.01. The summed E-state index contributed by atoms with van der Waals surface area (Å²) in [7, 11) is 0. The Kier molecular flexibility index (Phi) is 5.96. The molecule has 3 rings (SSSR count). The van der Waals surface area contributed by atoms with Gasteiger partial charge in [-0.2, -0.15) is 0 Å². The maximum Gasteiger partial charge on any atom is 0.303 e. The van der Waals surface area contributed by atoms with Crippen LogP contribution in [0.15, 0.2) is 22.8 Å². The van der Waals surface area contributed by atoms with E-state index in [0.29, 0.717) is 32.5 Å². The lowest BCUT2D eigenvalue weighted by molar-refractivity contribution is -0.139. The molecule has 0 spiro atoms. The van der Waals surface area contributed by atoms with Crippen LogP contribution in [0.1, 0.15) is 55.5 Å². The summed E-state index contributed by atoms with van der Waals surface area (Å²) in [5.74, 6) is -0.544. The normalized spacial score (nSPS) is 23.7. The predicted molar refractivity (Wildman–Crippen MR) is 93.6 cm³/mol. The number of carbonyl (C=O) groups excluding carboxylic acids is 2. The monoisotopic (exact) mass is 362 g/mol. The molecule has 142 valence electrons. The van der Waals surface area contributed by atoms with Gasteiger partial charge in [0.05, 0.1) is 6.26 Å². The molecule has 2 aliphatic rings. The quantitative estimate of drug-likeness (QED) is 0.868. The summed E-state index contributed by atoms with van der Waals surface area (Å²) in [6, 6.07) is 2.85. The second kappa shape index (κ2) is 8.38. The van der Waals surface area contributed by atoms with E-state index < -0.39 is 12.0 Å². The number of carboxylic acids is 1. The lowest BCUT2D eigenvalue weighted by Crippen LogP contribution is -2.54. The zero-order chi connectivity index (χ0) is 18.5. The van der Waals surface area contributed by atoms with Crippen LogP contribution in [0.5, 0.6) is 0 Å². The number of hydrogen-bond donors (Lipinski definition) is 1. The highest BCUT2D eigenvalue weighted by atomic mass is 16.4. The highest BCUT2D eigenvalue weighted by Gasteiger charge is 2.37. The molecule has 1 aromatic rings. The average Bonchev–Trinajstić information content (AvgIpc) is 3.20. The van der Waals surface area contributed by atoms with E-state index in [1.807, 2.05) is 4.90 Å². The molecular formula is C19H26N2O5. The fourth-order valence-electron chi connectivity index (χ4n) is 4.01. The third kappa shape index (κ3) is 4.26. The first-order valence-corrected chi connectivity index (χ1v) is 9.41. The maximum atomic E-state index is 13.1. The van der Waals surface area contributed by atoms with E-state index in [2.05, 4.69) is 0 Å². The van der Waals surface area contributed by atoms with Crippen LogP contribution in [-0.2, 0) is 9.59 Å². The Bertz CT molecular complexity index is 642. The Morgan fingerprint density at radius 3 is 2.73 bits per heavy atom. The molecule has 2 atom stereocenters. The van der Waals surface area contributed by atoms with Crippen molar-refractivity contribution >= 4 is 17.8 Å². The Morgan fingerprint density at radius 1 is 1.15 bits per heavy atom. The minimum absolute atomic E-state index is 0.00960. The zero-order valence-electron chi connectivity index (χ0n) is 14.9. The number of carboxylic acid groups (broad SMARTS) is 1. The molecule has 2 fully saturated rings. The van der Waals surface area contributed by atoms with Crippen molar-refractivity contribution in [1.29, 1.82) is 0 Å². The first kappa shape index (κ1) is 18.5. The van der Waals surface area contributed by atoms with Gasteiger partial charge in [-0.1, -0.05) is 0 Å². The second-order valence-corrected chi connectivity index (χ2v) is 7.21. The van der Waals surface area contributed by atoms with Crippen LogP contribution < -0.4 is 0 Å². The molecule has 0 bridgehead atoms. The molecular weight excluding hydrogens is 336 g/mol. The number of aliphatic carboxylic acids is 1.